The van der Waals surface area contributed by atoms with Gasteiger partial charge in [0.25, 0.3) is 0 Å². The normalized spacial score (nSPS) is 13.2. The molecule has 0 fully saturated rings. The van der Waals surface area contributed by atoms with Crippen molar-refractivity contribution >= 4 is 41.3 Å². The molecule has 3 atom stereocenters. The van der Waals surface area contributed by atoms with Gasteiger partial charge in [0.2, 0.25) is 11.8 Å². The number of aliphatic carboxylic acids is 2. The van der Waals surface area contributed by atoms with Gasteiger partial charge in [0.15, 0.2) is 13.2 Å². The van der Waals surface area contributed by atoms with Crippen LogP contribution in [-0.4, -0.2) is 57.6 Å². The average molecular weight is 579 g/mol. The Morgan fingerprint density at radius 2 is 1.41 bits per heavy atom. The molecule has 0 aliphatic rings. The maximum atomic E-state index is 13.3. The first-order valence-electron chi connectivity index (χ1n) is 13.2. The fraction of sp³-hybridized carbons (Fsp3) is 0.233. The standard InChI is InChI=1S/C30H31N3O7S/c31-23(29(37)38)15-16-25(34)32-24(28(36)33-26(30(39)40)20-7-3-1-4-8-20)18-41-17-19-11-13-22(14-12-19)27(35)21-9-5-2-6-10-21/h1-14,23-24,26H,15-18,31H2,(H,32,34)(H,33,36)(H,37,38)(H,39,40)/t23-,24-,26?/m0/s1/i/hD. The number of carboxylic acids is 2. The summed E-state index contributed by atoms with van der Waals surface area (Å²) in [5.41, 5.74) is 7.68. The third-order valence-corrected chi connectivity index (χ3v) is 7.14. The topological polar surface area (TPSA) is 176 Å². The van der Waals surface area contributed by atoms with E-state index in [9.17, 15) is 29.1 Å². The van der Waals surface area contributed by atoms with Crippen LogP contribution < -0.4 is 16.4 Å². The molecule has 3 aromatic rings. The lowest BCUT2D eigenvalue weighted by Crippen LogP contribution is -2.50. The number of amides is 2. The van der Waals surface area contributed by atoms with E-state index in [1.165, 1.54) is 23.9 Å². The molecule has 0 radical (unpaired) electrons. The van der Waals surface area contributed by atoms with Gasteiger partial charge in [-0.25, -0.2) is 4.79 Å². The van der Waals surface area contributed by atoms with Crippen LogP contribution in [0.25, 0.3) is 0 Å². The van der Waals surface area contributed by atoms with Crippen molar-refractivity contribution in [2.45, 2.75) is 36.7 Å². The van der Waals surface area contributed by atoms with Crippen molar-refractivity contribution in [3.8, 4) is 0 Å². The quantitative estimate of drug-likeness (QED) is 0.170. The highest BCUT2D eigenvalue weighted by Crippen LogP contribution is 2.18. The second-order valence-corrected chi connectivity index (χ2v) is 10.2. The van der Waals surface area contributed by atoms with Crippen LogP contribution in [0.15, 0.2) is 84.9 Å². The van der Waals surface area contributed by atoms with E-state index in [1.54, 1.807) is 66.7 Å². The molecule has 0 saturated heterocycles. The van der Waals surface area contributed by atoms with Gasteiger partial charge in [0, 0.05) is 29.1 Å². The highest BCUT2D eigenvalue weighted by atomic mass is 32.2. The summed E-state index contributed by atoms with van der Waals surface area (Å²) in [5, 5.41) is 21.6. The van der Waals surface area contributed by atoms with E-state index in [0.29, 0.717) is 27.8 Å². The number of hydrogen-bond donors (Lipinski definition) is 5. The Bertz CT molecular complexity index is 1390. The third kappa shape index (κ3) is 9.59. The lowest BCUT2D eigenvalue weighted by Gasteiger charge is -2.22. The molecule has 3 rings (SSSR count). The lowest BCUT2D eigenvalue weighted by atomic mass is 10.0. The van der Waals surface area contributed by atoms with Gasteiger partial charge in [0.05, 0.1) is 0 Å². The van der Waals surface area contributed by atoms with Crippen LogP contribution in [0, 0.1) is 0 Å². The maximum Gasteiger partial charge on any atom is 0.330 e. The van der Waals surface area contributed by atoms with Gasteiger partial charge >= 0.3 is 11.9 Å². The Morgan fingerprint density at radius 3 is 2.00 bits per heavy atom. The fourth-order valence-electron chi connectivity index (χ4n) is 3.78. The van der Waals surface area contributed by atoms with Crippen molar-refractivity contribution < 1.29 is 35.6 Å². The summed E-state index contributed by atoms with van der Waals surface area (Å²) in [6.45, 7) is 0. The number of nitrogens with two attached hydrogens (primary N) is 1. The van der Waals surface area contributed by atoms with E-state index < -0.39 is 41.9 Å². The second-order valence-electron chi connectivity index (χ2n) is 9.12. The molecule has 1 unspecified atom stereocenters. The average Bonchev–Trinajstić information content (AvgIpc) is 3.00. The van der Waals surface area contributed by atoms with Crippen LogP contribution in [0.2, 0.25) is 1.41 Å². The molecular weight excluding hydrogens is 546 g/mol. The van der Waals surface area contributed by atoms with Crippen molar-refractivity contribution in [3.05, 3.63) is 107 Å². The number of carbonyl (C=O) groups excluding carboxylic acids is 3. The fourth-order valence-corrected chi connectivity index (χ4v) is 4.78. The summed E-state index contributed by atoms with van der Waals surface area (Å²) in [4.78, 5) is 61.6. The second kappa shape index (κ2) is 15.3. The van der Waals surface area contributed by atoms with Crippen LogP contribution in [0.3, 0.4) is 0 Å². The summed E-state index contributed by atoms with van der Waals surface area (Å²) in [6.07, 6.45) is -0.621. The summed E-state index contributed by atoms with van der Waals surface area (Å²) >= 11 is 1.23. The molecule has 214 valence electrons. The monoisotopic (exact) mass is 578 g/mol. The zero-order chi connectivity index (χ0) is 30.6. The molecule has 3 aromatic carbocycles. The molecular formula is C30H31N3O7S. The van der Waals surface area contributed by atoms with Gasteiger partial charge in [-0.05, 0) is 17.5 Å². The first kappa shape index (κ1) is 29.5. The summed E-state index contributed by atoms with van der Waals surface area (Å²) in [6, 6.07) is 19.7. The van der Waals surface area contributed by atoms with Crippen LogP contribution in [0.1, 0.15) is 45.9 Å². The van der Waals surface area contributed by atoms with Crippen LogP contribution in [-0.2, 0) is 24.9 Å². The van der Waals surface area contributed by atoms with Crippen molar-refractivity contribution in [2.75, 3.05) is 5.75 Å². The number of hydrogen-bond acceptors (Lipinski definition) is 7. The molecule has 11 heteroatoms. The van der Waals surface area contributed by atoms with E-state index in [4.69, 9.17) is 12.3 Å². The lowest BCUT2D eigenvalue weighted by molar-refractivity contribution is -0.142. The van der Waals surface area contributed by atoms with Crippen molar-refractivity contribution in [2.24, 2.45) is 5.73 Å². The van der Waals surface area contributed by atoms with E-state index in [-0.39, 0.29) is 24.4 Å². The molecule has 6 N–H and O–H groups in total. The number of carboxylic acid groups (broad SMARTS) is 2. The van der Waals surface area contributed by atoms with Gasteiger partial charge in [0.1, 0.15) is 12.1 Å². The summed E-state index contributed by atoms with van der Waals surface area (Å²) < 4.78 is 8.35. The van der Waals surface area contributed by atoms with Gasteiger partial charge in [-0.2, -0.15) is 11.8 Å². The first-order chi connectivity index (χ1) is 20.1. The number of ketones is 1. The highest BCUT2D eigenvalue weighted by Gasteiger charge is 2.28. The molecule has 0 bridgehead atoms. The van der Waals surface area contributed by atoms with E-state index in [2.05, 4.69) is 5.32 Å². The number of benzene rings is 3. The molecule has 41 heavy (non-hydrogen) atoms. The Balaban J connectivity index is 1.71. The van der Waals surface area contributed by atoms with E-state index in [1.807, 2.05) is 6.07 Å². The highest BCUT2D eigenvalue weighted by molar-refractivity contribution is 7.98. The molecule has 0 aliphatic carbocycles. The number of thioether (sulfide) groups is 1. The van der Waals surface area contributed by atoms with Gasteiger partial charge < -0.3 is 26.6 Å². The number of rotatable bonds is 15. The van der Waals surface area contributed by atoms with Crippen molar-refractivity contribution in [1.29, 1.82) is 0 Å². The van der Waals surface area contributed by atoms with E-state index in [0.717, 1.165) is 5.56 Å². The number of nitrogens with one attached hydrogen (secondary N) is 2. The molecule has 0 aliphatic heterocycles. The minimum atomic E-state index is -1.41. The van der Waals surface area contributed by atoms with Gasteiger partial charge in [-0.1, -0.05) is 84.9 Å². The van der Waals surface area contributed by atoms with Gasteiger partial charge in [-0.15, -0.1) is 0 Å². The largest absolute Gasteiger partial charge is 0.480 e. The Labute approximate surface area is 242 Å². The summed E-state index contributed by atoms with van der Waals surface area (Å²) in [7, 11) is 0. The molecule has 0 spiro atoms. The van der Waals surface area contributed by atoms with E-state index >= 15 is 0 Å². The Morgan fingerprint density at radius 1 is 0.829 bits per heavy atom. The van der Waals surface area contributed by atoms with Crippen LogP contribution in [0.4, 0.5) is 0 Å². The first-order valence-corrected chi connectivity index (χ1v) is 13.9. The molecule has 0 heterocycles. The zero-order valence-corrected chi connectivity index (χ0v) is 22.8. The van der Waals surface area contributed by atoms with Crippen molar-refractivity contribution in [1.82, 2.24) is 10.6 Å². The van der Waals surface area contributed by atoms with Crippen LogP contribution in [0.5, 0.6) is 0 Å². The van der Waals surface area contributed by atoms with Crippen molar-refractivity contribution in [3.63, 3.8) is 0 Å². The SMILES string of the molecule is [2H]N(C(=O)CC[C@H](N)C(=O)O)[C@@H](CSCc1ccc(C(=O)c2ccccc2)cc1)C(=O)NC(C(=O)O)c1ccccc1. The van der Waals surface area contributed by atoms with Crippen LogP contribution >= 0.6 is 11.8 Å². The molecule has 2 amide bonds. The smallest absolute Gasteiger partial charge is 0.330 e. The maximum absolute atomic E-state index is 13.3. The third-order valence-electron chi connectivity index (χ3n) is 6.05. The molecule has 10 nitrogen and oxygen atoms in total. The van der Waals surface area contributed by atoms with Gasteiger partial charge in [-0.3, -0.25) is 19.2 Å². The molecule has 0 aromatic heterocycles. The Kier molecular flexibility index (Phi) is 11.0. The molecule has 0 saturated carbocycles. The zero-order valence-electron chi connectivity index (χ0n) is 23.0. The Hall–Kier alpha value is -4.48. The number of carbonyl (C=O) groups is 5. The predicted molar refractivity (Wildman–Crippen MR) is 154 cm³/mol. The minimum Gasteiger partial charge on any atom is -0.480 e. The predicted octanol–water partition coefficient (Wildman–Crippen LogP) is 2.77. The summed E-state index contributed by atoms with van der Waals surface area (Å²) in [5.74, 6) is -4.11. The minimum absolute atomic E-state index is 0.0577.